The van der Waals surface area contributed by atoms with Crippen molar-refractivity contribution in [3.05, 3.63) is 72.1 Å². The van der Waals surface area contributed by atoms with Gasteiger partial charge in [-0.05, 0) is 30.3 Å². The first-order chi connectivity index (χ1) is 12.7. The molecule has 8 nitrogen and oxygen atoms in total. The molecule has 0 unspecified atom stereocenters. The van der Waals surface area contributed by atoms with E-state index in [0.717, 1.165) is 5.76 Å². The molecule has 3 rings (SSSR count). The number of esters is 1. The van der Waals surface area contributed by atoms with Crippen LogP contribution in [0.5, 0.6) is 0 Å². The highest BCUT2D eigenvalue weighted by atomic mass is 16.5. The number of ether oxygens (including phenoxy) is 1. The summed E-state index contributed by atoms with van der Waals surface area (Å²) < 4.78 is 9.87. The molecule has 2 heterocycles. The number of hydrogen-bond acceptors (Lipinski definition) is 7. The highest BCUT2D eigenvalue weighted by molar-refractivity contribution is 6.03. The number of anilines is 2. The lowest BCUT2D eigenvalue weighted by atomic mass is 10.2. The van der Waals surface area contributed by atoms with E-state index in [9.17, 15) is 9.59 Å². The summed E-state index contributed by atoms with van der Waals surface area (Å²) in [6, 6.07) is 10.1. The number of methoxy groups -OCH3 is 1. The number of benzene rings is 1. The number of rotatable bonds is 6. The Kier molecular flexibility index (Phi) is 5.23. The van der Waals surface area contributed by atoms with Gasteiger partial charge in [-0.2, -0.15) is 0 Å². The van der Waals surface area contributed by atoms with Crippen LogP contribution in [0.15, 0.2) is 59.5 Å². The first-order valence-corrected chi connectivity index (χ1v) is 7.74. The highest BCUT2D eigenvalue weighted by Crippen LogP contribution is 2.13. The second-order valence-corrected chi connectivity index (χ2v) is 5.25. The zero-order chi connectivity index (χ0) is 18.4. The number of carbonyl (C=O) groups excluding carboxylic acids is 2. The molecule has 0 atom stereocenters. The summed E-state index contributed by atoms with van der Waals surface area (Å²) in [5.41, 5.74) is 0.950. The number of furan rings is 1. The Morgan fingerprint density at radius 2 is 2.04 bits per heavy atom. The van der Waals surface area contributed by atoms with E-state index in [-0.39, 0.29) is 5.69 Å². The summed E-state index contributed by atoms with van der Waals surface area (Å²) in [4.78, 5) is 32.0. The van der Waals surface area contributed by atoms with Gasteiger partial charge in [-0.3, -0.25) is 4.79 Å². The predicted octanol–water partition coefficient (Wildman–Crippen LogP) is 2.72. The van der Waals surface area contributed by atoms with Crippen LogP contribution in [-0.4, -0.2) is 29.0 Å². The van der Waals surface area contributed by atoms with Crippen LogP contribution in [0.4, 0.5) is 11.5 Å². The van der Waals surface area contributed by atoms with Crippen LogP contribution in [-0.2, 0) is 11.3 Å². The van der Waals surface area contributed by atoms with Crippen LogP contribution < -0.4 is 10.6 Å². The third-order valence-electron chi connectivity index (χ3n) is 3.45. The quantitative estimate of drug-likeness (QED) is 0.657. The molecule has 26 heavy (non-hydrogen) atoms. The molecule has 0 aliphatic heterocycles. The summed E-state index contributed by atoms with van der Waals surface area (Å²) in [5.74, 6) is 0.370. The third-order valence-corrected chi connectivity index (χ3v) is 3.45. The van der Waals surface area contributed by atoms with E-state index in [1.54, 1.807) is 30.5 Å². The Bertz CT molecular complexity index is 892. The molecule has 0 aliphatic carbocycles. The lowest BCUT2D eigenvalue weighted by Crippen LogP contribution is -2.15. The van der Waals surface area contributed by atoms with Gasteiger partial charge in [0.15, 0.2) is 0 Å². The predicted molar refractivity (Wildman–Crippen MR) is 93.8 cm³/mol. The average Bonchev–Trinajstić information content (AvgIpc) is 3.20. The number of aromatic nitrogens is 2. The van der Waals surface area contributed by atoms with Crippen LogP contribution in [0.3, 0.4) is 0 Å². The van der Waals surface area contributed by atoms with Crippen molar-refractivity contribution in [2.75, 3.05) is 17.7 Å². The first-order valence-electron chi connectivity index (χ1n) is 7.74. The van der Waals surface area contributed by atoms with Gasteiger partial charge in [0.1, 0.15) is 17.3 Å². The largest absolute Gasteiger partial charge is 0.467 e. The van der Waals surface area contributed by atoms with Crippen molar-refractivity contribution in [1.29, 1.82) is 0 Å². The minimum Gasteiger partial charge on any atom is -0.467 e. The molecule has 0 bridgehead atoms. The zero-order valence-electron chi connectivity index (χ0n) is 13.9. The summed E-state index contributed by atoms with van der Waals surface area (Å²) in [6.07, 6.45) is 4.41. The van der Waals surface area contributed by atoms with Crippen LogP contribution in [0, 0.1) is 0 Å². The van der Waals surface area contributed by atoms with E-state index in [0.29, 0.717) is 23.6 Å². The smallest absolute Gasteiger partial charge is 0.337 e. The monoisotopic (exact) mass is 352 g/mol. The van der Waals surface area contributed by atoms with Gasteiger partial charge in [0, 0.05) is 5.69 Å². The van der Waals surface area contributed by atoms with E-state index in [4.69, 9.17) is 4.42 Å². The maximum Gasteiger partial charge on any atom is 0.337 e. The standard InChI is InChI=1S/C18H16N4O4/c1-25-18(24)12-4-2-5-13(8-12)22-17(23)15-10-21-16(11-19-15)20-9-14-6-3-7-26-14/h2-8,10-11H,9H2,1H3,(H,20,21)(H,22,23). The normalized spacial score (nSPS) is 10.2. The number of hydrogen-bond donors (Lipinski definition) is 2. The molecule has 2 N–H and O–H groups in total. The van der Waals surface area contributed by atoms with E-state index in [1.807, 2.05) is 6.07 Å². The minimum atomic E-state index is -0.479. The molecular weight excluding hydrogens is 336 g/mol. The molecule has 0 saturated heterocycles. The fraction of sp³-hybridized carbons (Fsp3) is 0.111. The molecule has 0 fully saturated rings. The van der Waals surface area contributed by atoms with Crippen LogP contribution in [0.25, 0.3) is 0 Å². The zero-order valence-corrected chi connectivity index (χ0v) is 13.9. The maximum atomic E-state index is 12.3. The van der Waals surface area contributed by atoms with Gasteiger partial charge in [0.2, 0.25) is 0 Å². The van der Waals surface area contributed by atoms with Gasteiger partial charge in [-0.15, -0.1) is 0 Å². The molecule has 1 aromatic carbocycles. The fourth-order valence-electron chi connectivity index (χ4n) is 2.16. The summed E-state index contributed by atoms with van der Waals surface area (Å²) in [6.45, 7) is 0.466. The Morgan fingerprint density at radius 3 is 2.73 bits per heavy atom. The SMILES string of the molecule is COC(=O)c1cccc(NC(=O)c2cnc(NCc3ccco3)cn2)c1. The molecule has 8 heteroatoms. The molecular formula is C18H16N4O4. The van der Waals surface area contributed by atoms with Crippen molar-refractivity contribution in [1.82, 2.24) is 9.97 Å². The lowest BCUT2D eigenvalue weighted by Gasteiger charge is -2.07. The minimum absolute atomic E-state index is 0.150. The van der Waals surface area contributed by atoms with E-state index in [1.165, 1.54) is 25.6 Å². The van der Waals surface area contributed by atoms with E-state index < -0.39 is 11.9 Å². The molecule has 3 aromatic rings. The Morgan fingerprint density at radius 1 is 1.15 bits per heavy atom. The van der Waals surface area contributed by atoms with Crippen molar-refractivity contribution >= 4 is 23.4 Å². The van der Waals surface area contributed by atoms with Gasteiger partial charge >= 0.3 is 5.97 Å². The van der Waals surface area contributed by atoms with Crippen molar-refractivity contribution in [3.63, 3.8) is 0 Å². The third kappa shape index (κ3) is 4.23. The molecule has 132 valence electrons. The van der Waals surface area contributed by atoms with Gasteiger partial charge in [-0.1, -0.05) is 6.07 Å². The number of carbonyl (C=O) groups is 2. The van der Waals surface area contributed by atoms with Gasteiger partial charge in [0.25, 0.3) is 5.91 Å². The second kappa shape index (κ2) is 7.93. The van der Waals surface area contributed by atoms with Crippen molar-refractivity contribution in [2.24, 2.45) is 0 Å². The molecule has 0 radical (unpaired) electrons. The Balaban J connectivity index is 1.62. The average molecular weight is 352 g/mol. The topological polar surface area (TPSA) is 106 Å². The molecule has 1 amide bonds. The van der Waals surface area contributed by atoms with E-state index in [2.05, 4.69) is 25.3 Å². The summed E-state index contributed by atoms with van der Waals surface area (Å²) in [7, 11) is 1.30. The lowest BCUT2D eigenvalue weighted by molar-refractivity contribution is 0.0600. The molecule has 2 aromatic heterocycles. The number of nitrogens with zero attached hydrogens (tertiary/aromatic N) is 2. The van der Waals surface area contributed by atoms with Gasteiger partial charge in [0.05, 0.1) is 37.9 Å². The van der Waals surface area contributed by atoms with Crippen LogP contribution >= 0.6 is 0 Å². The van der Waals surface area contributed by atoms with Crippen molar-refractivity contribution in [3.8, 4) is 0 Å². The fourth-order valence-corrected chi connectivity index (χ4v) is 2.16. The maximum absolute atomic E-state index is 12.3. The molecule has 0 saturated carbocycles. The first kappa shape index (κ1) is 17.2. The van der Waals surface area contributed by atoms with Crippen molar-refractivity contribution < 1.29 is 18.7 Å². The van der Waals surface area contributed by atoms with Crippen LogP contribution in [0.1, 0.15) is 26.6 Å². The molecule has 0 aliphatic rings. The Labute approximate surface area is 149 Å². The highest BCUT2D eigenvalue weighted by Gasteiger charge is 2.11. The van der Waals surface area contributed by atoms with Crippen LogP contribution in [0.2, 0.25) is 0 Å². The summed E-state index contributed by atoms with van der Waals surface area (Å²) >= 11 is 0. The Hall–Kier alpha value is -3.68. The number of amides is 1. The number of nitrogens with one attached hydrogen (secondary N) is 2. The van der Waals surface area contributed by atoms with E-state index >= 15 is 0 Å². The molecule has 0 spiro atoms. The van der Waals surface area contributed by atoms with Gasteiger partial charge in [-0.25, -0.2) is 14.8 Å². The second-order valence-electron chi connectivity index (χ2n) is 5.25. The van der Waals surface area contributed by atoms with Gasteiger partial charge < -0.3 is 19.8 Å². The summed E-state index contributed by atoms with van der Waals surface area (Å²) in [5, 5.41) is 5.71. The van der Waals surface area contributed by atoms with Crippen molar-refractivity contribution in [2.45, 2.75) is 6.54 Å².